The van der Waals surface area contributed by atoms with Crippen molar-refractivity contribution in [2.45, 2.75) is 13.3 Å². The number of hydrogen-bond acceptors (Lipinski definition) is 2. The van der Waals surface area contributed by atoms with Crippen molar-refractivity contribution in [1.82, 2.24) is 5.32 Å². The topological polar surface area (TPSA) is 25.2 Å². The Labute approximate surface area is 129 Å². The van der Waals surface area contributed by atoms with Crippen LogP contribution in [0.25, 0.3) is 22.1 Å². The second kappa shape index (κ2) is 6.33. The zero-order valence-corrected chi connectivity index (χ0v) is 12.8. The van der Waals surface area contributed by atoms with Crippen LogP contribution in [-0.2, 0) is 6.42 Å². The molecular formula is C18H18ClNO. The molecule has 3 heteroatoms. The van der Waals surface area contributed by atoms with Crippen molar-refractivity contribution in [3.8, 4) is 11.1 Å². The third kappa shape index (κ3) is 2.97. The molecule has 0 radical (unpaired) electrons. The molecule has 0 saturated carbocycles. The standard InChI is InChI=1S/C18H18ClNO/c1-2-20-9-8-14-12-21-18-16(14)10-15(11-17(18)19)13-6-4-3-5-7-13/h3-7,10-12,20H,2,8-9H2,1H3. The Balaban J connectivity index is 2.02. The summed E-state index contributed by atoms with van der Waals surface area (Å²) in [6.45, 7) is 4.03. The van der Waals surface area contributed by atoms with Crippen LogP contribution in [0.15, 0.2) is 53.1 Å². The maximum Gasteiger partial charge on any atom is 0.152 e. The SMILES string of the molecule is CCNCCc1coc2c(Cl)cc(-c3ccccc3)cc12. The quantitative estimate of drug-likeness (QED) is 0.678. The summed E-state index contributed by atoms with van der Waals surface area (Å²) in [5, 5.41) is 5.12. The highest BCUT2D eigenvalue weighted by Gasteiger charge is 2.11. The Morgan fingerprint density at radius 2 is 1.90 bits per heavy atom. The third-order valence-corrected chi connectivity index (χ3v) is 3.92. The number of hydrogen-bond donors (Lipinski definition) is 1. The molecule has 0 unspecified atom stereocenters. The predicted molar refractivity (Wildman–Crippen MR) is 88.9 cm³/mol. The lowest BCUT2D eigenvalue weighted by atomic mass is 10.0. The second-order valence-electron chi connectivity index (χ2n) is 5.07. The van der Waals surface area contributed by atoms with Gasteiger partial charge in [-0.1, -0.05) is 48.9 Å². The summed E-state index contributed by atoms with van der Waals surface area (Å²) < 4.78 is 5.64. The molecule has 0 saturated heterocycles. The number of halogens is 1. The van der Waals surface area contributed by atoms with Crippen LogP contribution in [0.3, 0.4) is 0 Å². The van der Waals surface area contributed by atoms with Gasteiger partial charge in [-0.15, -0.1) is 0 Å². The fourth-order valence-electron chi connectivity index (χ4n) is 2.54. The van der Waals surface area contributed by atoms with E-state index in [1.165, 1.54) is 11.1 Å². The molecule has 0 atom stereocenters. The number of benzene rings is 2. The van der Waals surface area contributed by atoms with Gasteiger partial charge in [-0.3, -0.25) is 0 Å². The van der Waals surface area contributed by atoms with Crippen molar-refractivity contribution in [1.29, 1.82) is 0 Å². The second-order valence-corrected chi connectivity index (χ2v) is 5.47. The van der Waals surface area contributed by atoms with Crippen molar-refractivity contribution in [3.05, 3.63) is 59.3 Å². The van der Waals surface area contributed by atoms with Crippen LogP contribution in [0.2, 0.25) is 5.02 Å². The van der Waals surface area contributed by atoms with E-state index < -0.39 is 0 Å². The number of likely N-dealkylation sites (N-methyl/N-ethyl adjacent to an activating group) is 1. The molecular weight excluding hydrogens is 282 g/mol. The molecule has 108 valence electrons. The molecule has 0 fully saturated rings. The Kier molecular flexibility index (Phi) is 4.28. The Bertz CT molecular complexity index is 734. The maximum atomic E-state index is 6.38. The van der Waals surface area contributed by atoms with E-state index in [0.717, 1.165) is 36.0 Å². The predicted octanol–water partition coefficient (Wildman–Crippen LogP) is 4.91. The van der Waals surface area contributed by atoms with E-state index in [9.17, 15) is 0 Å². The van der Waals surface area contributed by atoms with Gasteiger partial charge in [-0.05, 0) is 48.3 Å². The smallest absolute Gasteiger partial charge is 0.152 e. The lowest BCUT2D eigenvalue weighted by molar-refractivity contribution is 0.607. The van der Waals surface area contributed by atoms with Crippen LogP contribution < -0.4 is 5.32 Å². The van der Waals surface area contributed by atoms with Crippen LogP contribution in [0.4, 0.5) is 0 Å². The molecule has 1 aromatic heterocycles. The number of fused-ring (bicyclic) bond motifs is 1. The van der Waals surface area contributed by atoms with Crippen molar-refractivity contribution in [2.24, 2.45) is 0 Å². The molecule has 2 aromatic carbocycles. The molecule has 0 aliphatic rings. The maximum absolute atomic E-state index is 6.38. The summed E-state index contributed by atoms with van der Waals surface area (Å²) >= 11 is 6.38. The first kappa shape index (κ1) is 14.2. The van der Waals surface area contributed by atoms with Crippen LogP contribution in [0.5, 0.6) is 0 Å². The normalized spacial score (nSPS) is 11.1. The highest BCUT2D eigenvalue weighted by atomic mass is 35.5. The zero-order valence-electron chi connectivity index (χ0n) is 12.0. The minimum absolute atomic E-state index is 0.668. The minimum atomic E-state index is 0.668. The van der Waals surface area contributed by atoms with Crippen molar-refractivity contribution >= 4 is 22.6 Å². The summed E-state index contributed by atoms with van der Waals surface area (Å²) in [5.74, 6) is 0. The number of rotatable bonds is 5. The summed E-state index contributed by atoms with van der Waals surface area (Å²) in [6, 6.07) is 14.4. The summed E-state index contributed by atoms with van der Waals surface area (Å²) in [4.78, 5) is 0. The van der Waals surface area contributed by atoms with Gasteiger partial charge in [-0.25, -0.2) is 0 Å². The van der Waals surface area contributed by atoms with Gasteiger partial charge in [0, 0.05) is 5.39 Å². The summed E-state index contributed by atoms with van der Waals surface area (Å²) in [6.07, 6.45) is 2.76. The highest BCUT2D eigenvalue weighted by molar-refractivity contribution is 6.35. The molecule has 3 aromatic rings. The molecule has 0 spiro atoms. The van der Waals surface area contributed by atoms with E-state index in [4.69, 9.17) is 16.0 Å². The van der Waals surface area contributed by atoms with Crippen LogP contribution in [-0.4, -0.2) is 13.1 Å². The van der Waals surface area contributed by atoms with Crippen LogP contribution in [0, 0.1) is 0 Å². The molecule has 0 aliphatic carbocycles. The van der Waals surface area contributed by atoms with Gasteiger partial charge in [0.15, 0.2) is 5.58 Å². The highest BCUT2D eigenvalue weighted by Crippen LogP contribution is 2.33. The van der Waals surface area contributed by atoms with Gasteiger partial charge >= 0.3 is 0 Å². The zero-order chi connectivity index (χ0) is 14.7. The Morgan fingerprint density at radius 3 is 2.67 bits per heavy atom. The van der Waals surface area contributed by atoms with Gasteiger partial charge in [0.2, 0.25) is 0 Å². The van der Waals surface area contributed by atoms with Crippen LogP contribution in [0.1, 0.15) is 12.5 Å². The van der Waals surface area contributed by atoms with E-state index in [0.29, 0.717) is 5.02 Å². The van der Waals surface area contributed by atoms with Gasteiger partial charge in [-0.2, -0.15) is 0 Å². The van der Waals surface area contributed by atoms with Gasteiger partial charge < -0.3 is 9.73 Å². The summed E-state index contributed by atoms with van der Waals surface area (Å²) in [5.41, 5.74) is 4.27. The first-order chi connectivity index (χ1) is 10.3. The monoisotopic (exact) mass is 299 g/mol. The Hall–Kier alpha value is -1.77. The lowest BCUT2D eigenvalue weighted by Crippen LogP contribution is -2.15. The molecule has 2 nitrogen and oxygen atoms in total. The van der Waals surface area contributed by atoms with Crippen molar-refractivity contribution in [2.75, 3.05) is 13.1 Å². The molecule has 0 bridgehead atoms. The molecule has 3 rings (SSSR count). The fourth-order valence-corrected chi connectivity index (χ4v) is 2.80. The molecule has 1 N–H and O–H groups in total. The van der Waals surface area contributed by atoms with Gasteiger partial charge in [0.25, 0.3) is 0 Å². The molecule has 21 heavy (non-hydrogen) atoms. The first-order valence-corrected chi connectivity index (χ1v) is 7.63. The average Bonchev–Trinajstić information content (AvgIpc) is 2.92. The molecule has 0 aliphatic heterocycles. The van der Waals surface area contributed by atoms with Crippen LogP contribution >= 0.6 is 11.6 Å². The van der Waals surface area contributed by atoms with Gasteiger partial charge in [0.05, 0.1) is 11.3 Å². The van der Waals surface area contributed by atoms with E-state index in [-0.39, 0.29) is 0 Å². The lowest BCUT2D eigenvalue weighted by Gasteiger charge is -2.05. The van der Waals surface area contributed by atoms with Crippen molar-refractivity contribution < 1.29 is 4.42 Å². The fraction of sp³-hybridized carbons (Fsp3) is 0.222. The average molecular weight is 300 g/mol. The van der Waals surface area contributed by atoms with Crippen molar-refractivity contribution in [3.63, 3.8) is 0 Å². The number of furan rings is 1. The molecule has 0 amide bonds. The first-order valence-electron chi connectivity index (χ1n) is 7.25. The summed E-state index contributed by atoms with van der Waals surface area (Å²) in [7, 11) is 0. The Morgan fingerprint density at radius 1 is 1.10 bits per heavy atom. The third-order valence-electron chi connectivity index (χ3n) is 3.64. The van der Waals surface area contributed by atoms with E-state index in [1.54, 1.807) is 0 Å². The van der Waals surface area contributed by atoms with E-state index in [2.05, 4.69) is 30.4 Å². The molecule has 1 heterocycles. The minimum Gasteiger partial charge on any atom is -0.462 e. The number of nitrogens with one attached hydrogen (secondary N) is 1. The van der Waals surface area contributed by atoms with Gasteiger partial charge in [0.1, 0.15) is 0 Å². The van der Waals surface area contributed by atoms with E-state index >= 15 is 0 Å². The largest absolute Gasteiger partial charge is 0.462 e. The van der Waals surface area contributed by atoms with E-state index in [1.807, 2.05) is 30.5 Å².